The van der Waals surface area contributed by atoms with Gasteiger partial charge >= 0.3 is 0 Å². The molecular weight excluding hydrogens is 1400 g/mol. The van der Waals surface area contributed by atoms with Gasteiger partial charge in [0.1, 0.15) is 85.5 Å². The molecule has 0 unspecified atom stereocenters. The minimum absolute atomic E-state index is 0. The van der Waals surface area contributed by atoms with Crippen molar-refractivity contribution in [2.75, 3.05) is 0 Å². The summed E-state index contributed by atoms with van der Waals surface area (Å²) in [6, 6.07) is 97.5. The summed E-state index contributed by atoms with van der Waals surface area (Å²) in [6.07, 6.45) is -7.00. The van der Waals surface area contributed by atoms with E-state index in [1.165, 1.54) is 89.3 Å². The molecule has 0 fully saturated rings. The molecule has 464 valence electrons. The Hall–Kier alpha value is -4.38. The monoisotopic (exact) mass is 1490 g/mol. The summed E-state index contributed by atoms with van der Waals surface area (Å²) in [4.78, 5) is 0. The first-order valence-electron chi connectivity index (χ1n) is 26.0. The first-order valence-corrected chi connectivity index (χ1v) is 30.5. The third kappa shape index (κ3) is 44.7. The van der Waals surface area contributed by atoms with E-state index in [4.69, 9.17) is 61.3 Å². The maximum atomic E-state index is 7.61. The molecule has 0 aliphatic heterocycles. The van der Waals surface area contributed by atoms with E-state index >= 15 is 0 Å². The zero-order chi connectivity index (χ0) is 60.2. The summed E-state index contributed by atoms with van der Waals surface area (Å²) in [5.41, 5.74) is 0. The van der Waals surface area contributed by atoms with Crippen molar-refractivity contribution in [1.29, 1.82) is 0 Å². The average molecular weight is 1480 g/mol. The van der Waals surface area contributed by atoms with Gasteiger partial charge in [-0.1, -0.05) is 164 Å². The van der Waals surface area contributed by atoms with E-state index in [9.17, 15) is 0 Å². The summed E-state index contributed by atoms with van der Waals surface area (Å²) in [5, 5.41) is 104. The standard InChI is InChI=1S/3C18H15P.6C2H6O2.H2O.3Ru/c3*1-4-10-16(11-5-1)19(17-12-6-2-7-13-17)18-14-8-3-9-15-18;6*1-2(3)4;;;;/h3*1-15H;6*2-4H,1H3;1H2;;;/p+3. The zero-order valence-electron chi connectivity index (χ0n) is 48.4. The maximum absolute atomic E-state index is 7.61. The quantitative estimate of drug-likeness (QED) is 0.0537. The van der Waals surface area contributed by atoms with Crippen molar-refractivity contribution in [2.45, 2.75) is 79.3 Å². The van der Waals surface area contributed by atoms with Gasteiger partial charge in [0.25, 0.3) is 0 Å². The molecular formula is C66H86O13P3Ru3+3. The van der Waals surface area contributed by atoms with Crippen LogP contribution in [-0.4, -0.2) is 104 Å². The molecule has 13 nitrogen and oxygen atoms in total. The van der Waals surface area contributed by atoms with Crippen molar-refractivity contribution < 1.29 is 125 Å². The summed E-state index contributed by atoms with van der Waals surface area (Å²) in [5.74, 6) is 0. The van der Waals surface area contributed by atoms with Gasteiger partial charge in [0.15, 0.2) is 0 Å². The molecule has 19 heteroatoms. The second kappa shape index (κ2) is 55.0. The van der Waals surface area contributed by atoms with Crippen LogP contribution in [0, 0.1) is 0 Å². The third-order valence-electron chi connectivity index (χ3n) is 9.56. The van der Waals surface area contributed by atoms with Crippen LogP contribution in [0.4, 0.5) is 0 Å². The van der Waals surface area contributed by atoms with Crippen LogP contribution in [0.15, 0.2) is 273 Å². The number of hydrogen-bond acceptors (Lipinski definition) is 12. The number of aliphatic hydroxyl groups excluding tert-OH is 6. The largest absolute Gasteiger partial charge is 0.412 e. The van der Waals surface area contributed by atoms with Crippen LogP contribution in [0.1, 0.15) is 41.5 Å². The Labute approximate surface area is 544 Å². The Morgan fingerprint density at radius 2 is 0.235 bits per heavy atom. The summed E-state index contributed by atoms with van der Waals surface area (Å²) < 4.78 is 0. The Morgan fingerprint density at radius 3 is 0.294 bits per heavy atom. The van der Waals surface area contributed by atoms with Gasteiger partial charge in [-0.2, -0.15) is 0 Å². The molecule has 9 aromatic rings. The summed E-state index contributed by atoms with van der Waals surface area (Å²) >= 11 is 0. The van der Waals surface area contributed by atoms with Gasteiger partial charge in [-0.3, -0.25) is 0 Å². The molecule has 0 saturated carbocycles. The molecule has 0 bridgehead atoms. The first-order chi connectivity index (χ1) is 38.7. The number of benzene rings is 9. The van der Waals surface area contributed by atoms with Crippen LogP contribution >= 0.6 is 23.8 Å². The number of aliphatic hydroxyl groups is 12. The Balaban J connectivity index is -0.000000477. The van der Waals surface area contributed by atoms with E-state index in [0.717, 1.165) is 0 Å². The fourth-order valence-electron chi connectivity index (χ4n) is 6.94. The van der Waals surface area contributed by atoms with E-state index in [-0.39, 0.29) is 63.9 Å². The average Bonchev–Trinajstić information content (AvgIpc) is 3.62. The Morgan fingerprint density at radius 1 is 0.176 bits per heavy atom. The van der Waals surface area contributed by atoms with E-state index in [1.807, 2.05) is 0 Å². The molecule has 0 atom stereocenters. The minimum atomic E-state index is -1.17. The Bertz CT molecular complexity index is 2170. The molecule has 85 heavy (non-hydrogen) atoms. The SMILES string of the molecule is CC(O)O.CC(O)O.CC(O)O.CC(O)O.CC(O)O.CC(O)O.O.[Ru].[Ru].[Ru].c1ccc([PH+](c2ccccc2)c2ccccc2)cc1.c1ccc([PH+](c2ccccc2)c2ccccc2)cc1.c1ccc([PH+](c2ccccc2)c2ccccc2)cc1. The molecule has 0 heterocycles. The fraction of sp³-hybridized carbons (Fsp3) is 0.182. The van der Waals surface area contributed by atoms with Crippen LogP contribution in [0.3, 0.4) is 0 Å². The van der Waals surface area contributed by atoms with Crippen molar-refractivity contribution in [3.05, 3.63) is 273 Å². The molecule has 0 radical (unpaired) electrons. The number of rotatable bonds is 9. The van der Waals surface area contributed by atoms with Gasteiger partial charge in [-0.15, -0.1) is 0 Å². The van der Waals surface area contributed by atoms with Gasteiger partial charge in [0, 0.05) is 58.4 Å². The molecule has 0 aromatic heterocycles. The second-order valence-corrected chi connectivity index (χ2v) is 24.7. The first kappa shape index (κ1) is 87.1. The van der Waals surface area contributed by atoms with Gasteiger partial charge in [-0.25, -0.2) is 0 Å². The van der Waals surface area contributed by atoms with E-state index in [1.54, 1.807) is 0 Å². The molecule has 14 N–H and O–H groups in total. The van der Waals surface area contributed by atoms with Crippen molar-refractivity contribution >= 4 is 71.5 Å². The van der Waals surface area contributed by atoms with Crippen LogP contribution in [0.2, 0.25) is 0 Å². The zero-order valence-corrected chi connectivity index (χ0v) is 56.6. The molecule has 9 aromatic carbocycles. The van der Waals surface area contributed by atoms with Crippen molar-refractivity contribution in [3.8, 4) is 0 Å². The van der Waals surface area contributed by atoms with Crippen LogP contribution in [0.25, 0.3) is 0 Å². The van der Waals surface area contributed by atoms with Gasteiger partial charge < -0.3 is 66.8 Å². The smallest absolute Gasteiger partial charge is 0.148 e. The minimum Gasteiger partial charge on any atom is -0.412 e. The molecule has 9 rings (SSSR count). The molecule has 0 aliphatic rings. The summed E-state index contributed by atoms with van der Waals surface area (Å²) in [6.45, 7) is 7.67. The van der Waals surface area contributed by atoms with E-state index in [2.05, 4.69) is 273 Å². The normalized spacial score (nSPS) is 9.64. The predicted octanol–water partition coefficient (Wildman–Crippen LogP) is 4.60. The number of hydrogen-bond donors (Lipinski definition) is 12. The van der Waals surface area contributed by atoms with Crippen LogP contribution in [0.5, 0.6) is 0 Å². The predicted molar refractivity (Wildman–Crippen MR) is 347 cm³/mol. The third-order valence-corrected chi connectivity index (χ3v) is 17.8. The van der Waals surface area contributed by atoms with Gasteiger partial charge in [-0.05, 0) is 151 Å². The Kier molecular flexibility index (Phi) is 56.3. The van der Waals surface area contributed by atoms with Crippen molar-refractivity contribution in [1.82, 2.24) is 0 Å². The molecule has 0 amide bonds. The van der Waals surface area contributed by atoms with Crippen molar-refractivity contribution in [2.24, 2.45) is 0 Å². The molecule has 0 aliphatic carbocycles. The molecule has 0 saturated heterocycles. The van der Waals surface area contributed by atoms with Gasteiger partial charge in [0.2, 0.25) is 0 Å². The second-order valence-electron chi connectivity index (χ2n) is 17.2. The molecule has 0 spiro atoms. The topological polar surface area (TPSA) is 274 Å². The fourth-order valence-corrected chi connectivity index (χ4v) is 14.7. The van der Waals surface area contributed by atoms with E-state index < -0.39 is 61.5 Å². The van der Waals surface area contributed by atoms with Crippen LogP contribution in [-0.2, 0) is 58.4 Å². The summed E-state index contributed by atoms with van der Waals surface area (Å²) in [7, 11) is -2.63. The van der Waals surface area contributed by atoms with Crippen molar-refractivity contribution in [3.63, 3.8) is 0 Å². The maximum Gasteiger partial charge on any atom is 0.148 e. The van der Waals surface area contributed by atoms with Gasteiger partial charge in [0.05, 0.1) is 23.8 Å². The van der Waals surface area contributed by atoms with Crippen LogP contribution < -0.4 is 47.7 Å². The van der Waals surface area contributed by atoms with E-state index in [0.29, 0.717) is 0 Å².